The Balaban J connectivity index is 1.96. The Kier molecular flexibility index (Phi) is 4.97. The number of carbonyl (C=O) groups excluding carboxylic acids is 1. The molecule has 0 spiro atoms. The topological polar surface area (TPSA) is 35.5 Å². The first-order chi connectivity index (χ1) is 9.20. The van der Waals surface area contributed by atoms with E-state index in [2.05, 4.69) is 13.8 Å². The van der Waals surface area contributed by atoms with Crippen molar-refractivity contribution in [3.63, 3.8) is 0 Å². The summed E-state index contributed by atoms with van der Waals surface area (Å²) >= 11 is 0. The van der Waals surface area contributed by atoms with E-state index in [1.54, 1.807) is 0 Å². The van der Waals surface area contributed by atoms with Gasteiger partial charge in [-0.15, -0.1) is 0 Å². The summed E-state index contributed by atoms with van der Waals surface area (Å²) < 4.78 is 11.4. The van der Waals surface area contributed by atoms with Crippen molar-refractivity contribution in [2.45, 2.75) is 51.9 Å². The van der Waals surface area contributed by atoms with Crippen LogP contribution < -0.4 is 0 Å². The lowest BCUT2D eigenvalue weighted by Crippen LogP contribution is -2.34. The normalized spacial score (nSPS) is 22.0. The molecule has 3 heteroatoms. The van der Waals surface area contributed by atoms with Crippen LogP contribution in [0.5, 0.6) is 0 Å². The molecular formula is C16H22O3. The Morgan fingerprint density at radius 1 is 1.37 bits per heavy atom. The van der Waals surface area contributed by atoms with Crippen molar-refractivity contribution in [3.05, 3.63) is 35.9 Å². The molecule has 3 atom stereocenters. The first-order valence-corrected chi connectivity index (χ1v) is 7.05. The van der Waals surface area contributed by atoms with Gasteiger partial charge in [-0.05, 0) is 17.9 Å². The quantitative estimate of drug-likeness (QED) is 0.738. The Morgan fingerprint density at radius 3 is 2.68 bits per heavy atom. The van der Waals surface area contributed by atoms with Crippen LogP contribution in [0.1, 0.15) is 38.7 Å². The second-order valence-corrected chi connectivity index (χ2v) is 5.21. The zero-order chi connectivity index (χ0) is 13.7. The Bertz CT molecular complexity index is 402. The predicted molar refractivity (Wildman–Crippen MR) is 73.6 cm³/mol. The van der Waals surface area contributed by atoms with Crippen LogP contribution in [-0.4, -0.2) is 18.2 Å². The first kappa shape index (κ1) is 14.1. The molecular weight excluding hydrogens is 240 g/mol. The van der Waals surface area contributed by atoms with E-state index in [1.165, 1.54) is 0 Å². The van der Waals surface area contributed by atoms with Gasteiger partial charge in [0.1, 0.15) is 6.10 Å². The Hall–Kier alpha value is -1.35. The van der Waals surface area contributed by atoms with Crippen LogP contribution in [0.15, 0.2) is 30.3 Å². The highest BCUT2D eigenvalue weighted by molar-refractivity contribution is 5.71. The van der Waals surface area contributed by atoms with Crippen molar-refractivity contribution < 1.29 is 14.3 Å². The standard InChI is InChI=1S/C16H22O3/c1-3-12(2)16(14-9-10-15(17)19-14)18-11-13-7-5-4-6-8-13/h4-8,12,14,16H,3,9-11H2,1-2H3/t12-,14-,16-/m0/s1. The van der Waals surface area contributed by atoms with E-state index >= 15 is 0 Å². The summed E-state index contributed by atoms with van der Waals surface area (Å²) in [6.07, 6.45) is 2.24. The van der Waals surface area contributed by atoms with Crippen LogP contribution in [0.2, 0.25) is 0 Å². The molecule has 1 fully saturated rings. The molecule has 0 saturated carbocycles. The third kappa shape index (κ3) is 3.80. The SMILES string of the molecule is CC[C@H](C)[C@H](OCc1ccccc1)[C@@H]1CCC(=O)O1. The maximum atomic E-state index is 11.3. The summed E-state index contributed by atoms with van der Waals surface area (Å²) in [5.74, 6) is 0.293. The Morgan fingerprint density at radius 2 is 2.11 bits per heavy atom. The molecule has 0 radical (unpaired) electrons. The monoisotopic (exact) mass is 262 g/mol. The van der Waals surface area contributed by atoms with Gasteiger partial charge < -0.3 is 9.47 Å². The zero-order valence-corrected chi connectivity index (χ0v) is 11.7. The van der Waals surface area contributed by atoms with Crippen molar-refractivity contribution >= 4 is 5.97 Å². The number of carbonyl (C=O) groups is 1. The van der Waals surface area contributed by atoms with E-state index in [9.17, 15) is 4.79 Å². The molecule has 2 rings (SSSR count). The lowest BCUT2D eigenvalue weighted by Gasteiger charge is -2.28. The van der Waals surface area contributed by atoms with Crippen LogP contribution in [0.3, 0.4) is 0 Å². The van der Waals surface area contributed by atoms with Gasteiger partial charge in [-0.3, -0.25) is 4.79 Å². The predicted octanol–water partition coefficient (Wildman–Crippen LogP) is 3.32. The molecule has 1 saturated heterocycles. The van der Waals surface area contributed by atoms with E-state index in [1.807, 2.05) is 30.3 Å². The van der Waals surface area contributed by atoms with Crippen LogP contribution in [0.4, 0.5) is 0 Å². The molecule has 0 unspecified atom stereocenters. The molecule has 0 N–H and O–H groups in total. The average molecular weight is 262 g/mol. The lowest BCUT2D eigenvalue weighted by molar-refractivity contribution is -0.150. The van der Waals surface area contributed by atoms with Gasteiger partial charge in [0.25, 0.3) is 0 Å². The van der Waals surface area contributed by atoms with Crippen molar-refractivity contribution in [2.75, 3.05) is 0 Å². The van der Waals surface area contributed by atoms with Crippen LogP contribution in [0.25, 0.3) is 0 Å². The maximum Gasteiger partial charge on any atom is 0.306 e. The number of hydrogen-bond acceptors (Lipinski definition) is 3. The van der Waals surface area contributed by atoms with E-state index in [4.69, 9.17) is 9.47 Å². The summed E-state index contributed by atoms with van der Waals surface area (Å²) in [6, 6.07) is 10.1. The molecule has 1 heterocycles. The molecule has 1 aromatic rings. The number of ether oxygens (including phenoxy) is 2. The Labute approximate surface area is 114 Å². The molecule has 1 aliphatic heterocycles. The minimum atomic E-state index is -0.0957. The minimum Gasteiger partial charge on any atom is -0.460 e. The van der Waals surface area contributed by atoms with Gasteiger partial charge in [0.2, 0.25) is 0 Å². The van der Waals surface area contributed by atoms with Gasteiger partial charge in [0.15, 0.2) is 0 Å². The van der Waals surface area contributed by atoms with E-state index in [-0.39, 0.29) is 18.2 Å². The smallest absolute Gasteiger partial charge is 0.306 e. The summed E-state index contributed by atoms with van der Waals surface area (Å²) in [5, 5.41) is 0. The third-order valence-corrected chi connectivity index (χ3v) is 3.77. The molecule has 0 aliphatic carbocycles. The van der Waals surface area contributed by atoms with Crippen molar-refractivity contribution in [3.8, 4) is 0 Å². The highest BCUT2D eigenvalue weighted by Crippen LogP contribution is 2.26. The minimum absolute atomic E-state index is 0.00310. The van der Waals surface area contributed by atoms with Crippen molar-refractivity contribution in [1.29, 1.82) is 0 Å². The fraction of sp³-hybridized carbons (Fsp3) is 0.562. The van der Waals surface area contributed by atoms with E-state index in [0.29, 0.717) is 18.9 Å². The molecule has 104 valence electrons. The first-order valence-electron chi connectivity index (χ1n) is 7.05. The second-order valence-electron chi connectivity index (χ2n) is 5.21. The fourth-order valence-electron chi connectivity index (χ4n) is 2.42. The van der Waals surface area contributed by atoms with Crippen LogP contribution in [0, 0.1) is 5.92 Å². The van der Waals surface area contributed by atoms with Crippen molar-refractivity contribution in [1.82, 2.24) is 0 Å². The molecule has 19 heavy (non-hydrogen) atoms. The molecule has 0 bridgehead atoms. The molecule has 3 nitrogen and oxygen atoms in total. The van der Waals surface area contributed by atoms with Crippen molar-refractivity contribution in [2.24, 2.45) is 5.92 Å². The fourth-order valence-corrected chi connectivity index (χ4v) is 2.42. The lowest BCUT2D eigenvalue weighted by atomic mass is 9.95. The van der Waals surface area contributed by atoms with Gasteiger partial charge in [-0.25, -0.2) is 0 Å². The number of rotatable bonds is 6. The van der Waals surface area contributed by atoms with E-state index < -0.39 is 0 Å². The average Bonchev–Trinajstić information content (AvgIpc) is 2.86. The zero-order valence-electron chi connectivity index (χ0n) is 11.7. The molecule has 1 aliphatic rings. The molecule has 0 amide bonds. The number of cyclic esters (lactones) is 1. The summed E-state index contributed by atoms with van der Waals surface area (Å²) in [7, 11) is 0. The van der Waals surface area contributed by atoms with E-state index in [0.717, 1.165) is 18.4 Å². The molecule has 0 aromatic heterocycles. The highest BCUT2D eigenvalue weighted by atomic mass is 16.6. The van der Waals surface area contributed by atoms with Crippen LogP contribution in [-0.2, 0) is 20.9 Å². The van der Waals surface area contributed by atoms with Gasteiger partial charge in [-0.2, -0.15) is 0 Å². The number of benzene rings is 1. The summed E-state index contributed by atoms with van der Waals surface area (Å²) in [4.78, 5) is 11.3. The number of hydrogen-bond donors (Lipinski definition) is 0. The van der Waals surface area contributed by atoms with Gasteiger partial charge >= 0.3 is 5.97 Å². The summed E-state index contributed by atoms with van der Waals surface area (Å²) in [6.45, 7) is 4.87. The van der Waals surface area contributed by atoms with Crippen LogP contribution >= 0.6 is 0 Å². The van der Waals surface area contributed by atoms with Gasteiger partial charge in [-0.1, -0.05) is 50.6 Å². The van der Waals surface area contributed by atoms with Gasteiger partial charge in [0, 0.05) is 6.42 Å². The number of esters is 1. The summed E-state index contributed by atoms with van der Waals surface area (Å²) in [5.41, 5.74) is 1.15. The largest absolute Gasteiger partial charge is 0.460 e. The second kappa shape index (κ2) is 6.71. The third-order valence-electron chi connectivity index (χ3n) is 3.77. The highest BCUT2D eigenvalue weighted by Gasteiger charge is 2.34. The maximum absolute atomic E-state index is 11.3. The molecule has 1 aromatic carbocycles. The van der Waals surface area contributed by atoms with Gasteiger partial charge in [0.05, 0.1) is 12.7 Å².